The van der Waals surface area contributed by atoms with Crippen molar-refractivity contribution in [2.45, 2.75) is 33.4 Å². The summed E-state index contributed by atoms with van der Waals surface area (Å²) >= 11 is 0. The fraction of sp³-hybridized carbons (Fsp3) is 0.316. The minimum absolute atomic E-state index is 0.813. The van der Waals surface area contributed by atoms with Gasteiger partial charge in [-0.3, -0.25) is 4.90 Å². The first-order valence-electron chi connectivity index (χ1n) is 8.25. The number of hydrogen-bond acceptors (Lipinski definition) is 5. The number of fused-ring (bicyclic) bond motifs is 1. The Balaban J connectivity index is 1.54. The number of hydrogen-bond donors (Lipinski definition) is 0. The van der Waals surface area contributed by atoms with Crippen molar-refractivity contribution >= 4 is 0 Å². The van der Waals surface area contributed by atoms with Crippen LogP contribution >= 0.6 is 0 Å². The van der Waals surface area contributed by atoms with Gasteiger partial charge in [-0.15, -0.1) is 0 Å². The molecular formula is C19H20N4O. The summed E-state index contributed by atoms with van der Waals surface area (Å²) in [5.41, 5.74) is 5.62. The van der Waals surface area contributed by atoms with Crippen molar-refractivity contribution in [3.8, 4) is 11.4 Å². The van der Waals surface area contributed by atoms with Crippen molar-refractivity contribution in [2.24, 2.45) is 0 Å². The van der Waals surface area contributed by atoms with Gasteiger partial charge >= 0.3 is 0 Å². The van der Waals surface area contributed by atoms with Crippen LogP contribution in [0, 0.1) is 13.8 Å². The zero-order valence-corrected chi connectivity index (χ0v) is 14.0. The van der Waals surface area contributed by atoms with E-state index < -0.39 is 0 Å². The van der Waals surface area contributed by atoms with E-state index in [0.29, 0.717) is 0 Å². The normalized spacial score (nSPS) is 14.6. The van der Waals surface area contributed by atoms with Crippen LogP contribution in [0.4, 0.5) is 0 Å². The zero-order valence-electron chi connectivity index (χ0n) is 14.0. The van der Waals surface area contributed by atoms with Crippen LogP contribution in [0.25, 0.3) is 11.4 Å². The molecule has 0 atom stereocenters. The second kappa shape index (κ2) is 6.17. The lowest BCUT2D eigenvalue weighted by Gasteiger charge is -2.27. The lowest BCUT2D eigenvalue weighted by atomic mass is 10.1. The molecule has 122 valence electrons. The summed E-state index contributed by atoms with van der Waals surface area (Å²) in [7, 11) is 0. The third kappa shape index (κ3) is 2.83. The van der Waals surface area contributed by atoms with Crippen molar-refractivity contribution in [3.05, 3.63) is 64.8 Å². The first kappa shape index (κ1) is 15.0. The van der Waals surface area contributed by atoms with Gasteiger partial charge in [-0.05, 0) is 13.8 Å². The zero-order chi connectivity index (χ0) is 16.5. The molecule has 0 saturated heterocycles. The van der Waals surface area contributed by atoms with Crippen LogP contribution < -0.4 is 0 Å². The smallest absolute Gasteiger partial charge is 0.159 e. The number of aromatic nitrogens is 3. The molecule has 24 heavy (non-hydrogen) atoms. The largest absolute Gasteiger partial charge is 0.361 e. The van der Waals surface area contributed by atoms with Crippen molar-refractivity contribution < 1.29 is 4.52 Å². The Morgan fingerprint density at radius 2 is 2.00 bits per heavy atom. The van der Waals surface area contributed by atoms with Crippen molar-refractivity contribution in [2.75, 3.05) is 6.54 Å². The Morgan fingerprint density at radius 3 is 2.75 bits per heavy atom. The molecule has 0 unspecified atom stereocenters. The maximum Gasteiger partial charge on any atom is 0.159 e. The molecule has 0 amide bonds. The molecule has 1 aliphatic heterocycles. The average molecular weight is 320 g/mol. The van der Waals surface area contributed by atoms with Crippen molar-refractivity contribution in [3.63, 3.8) is 0 Å². The molecule has 3 heterocycles. The number of aryl methyl sites for hydroxylation is 2. The molecule has 0 aliphatic carbocycles. The quantitative estimate of drug-likeness (QED) is 0.741. The minimum Gasteiger partial charge on any atom is -0.361 e. The third-order valence-corrected chi connectivity index (χ3v) is 4.61. The SMILES string of the molecule is Cc1noc(C)c1CN1CCc2nc(-c3ccccc3)ncc2C1. The average Bonchev–Trinajstić information content (AvgIpc) is 2.94. The monoisotopic (exact) mass is 320 g/mol. The first-order valence-corrected chi connectivity index (χ1v) is 8.25. The summed E-state index contributed by atoms with van der Waals surface area (Å²) < 4.78 is 5.27. The van der Waals surface area contributed by atoms with Crippen LogP contribution in [0.2, 0.25) is 0 Å². The Labute approximate surface area is 141 Å². The molecule has 5 heteroatoms. The molecule has 3 aromatic rings. The summed E-state index contributed by atoms with van der Waals surface area (Å²) in [4.78, 5) is 11.7. The van der Waals surface area contributed by atoms with E-state index in [1.54, 1.807) is 0 Å². The van der Waals surface area contributed by atoms with E-state index in [1.165, 1.54) is 16.8 Å². The van der Waals surface area contributed by atoms with Gasteiger partial charge in [-0.25, -0.2) is 9.97 Å². The van der Waals surface area contributed by atoms with E-state index in [-0.39, 0.29) is 0 Å². The molecule has 1 aliphatic rings. The highest BCUT2D eigenvalue weighted by Gasteiger charge is 2.21. The summed E-state index contributed by atoms with van der Waals surface area (Å²) in [6.07, 6.45) is 2.92. The summed E-state index contributed by atoms with van der Waals surface area (Å²) in [6, 6.07) is 10.1. The maximum absolute atomic E-state index is 5.27. The first-order chi connectivity index (χ1) is 11.7. The lowest BCUT2D eigenvalue weighted by molar-refractivity contribution is 0.241. The molecule has 2 aromatic heterocycles. The van der Waals surface area contributed by atoms with Crippen molar-refractivity contribution in [1.29, 1.82) is 0 Å². The topological polar surface area (TPSA) is 55.1 Å². The Hall–Kier alpha value is -2.53. The van der Waals surface area contributed by atoms with Gasteiger partial charge in [0.25, 0.3) is 0 Å². The molecule has 1 aromatic carbocycles. The minimum atomic E-state index is 0.813. The van der Waals surface area contributed by atoms with Gasteiger partial charge in [-0.2, -0.15) is 0 Å². The summed E-state index contributed by atoms with van der Waals surface area (Å²) in [5, 5.41) is 4.04. The predicted molar refractivity (Wildman–Crippen MR) is 91.3 cm³/mol. The number of nitrogens with zero attached hydrogens (tertiary/aromatic N) is 4. The van der Waals surface area contributed by atoms with Crippen LogP contribution in [0.1, 0.15) is 28.3 Å². The van der Waals surface area contributed by atoms with Gasteiger partial charge in [0.2, 0.25) is 0 Å². The van der Waals surface area contributed by atoms with E-state index in [0.717, 1.165) is 48.9 Å². The standard InChI is InChI=1S/C19H20N4O/c1-13-17(14(2)24-22-13)12-23-9-8-18-16(11-23)10-20-19(21-18)15-6-4-3-5-7-15/h3-7,10H,8-9,11-12H2,1-2H3. The van der Waals surface area contributed by atoms with E-state index >= 15 is 0 Å². The van der Waals surface area contributed by atoms with Gasteiger partial charge in [0, 0.05) is 48.9 Å². The van der Waals surface area contributed by atoms with Gasteiger partial charge in [0.1, 0.15) is 5.76 Å². The van der Waals surface area contributed by atoms with Crippen LogP contribution in [0.5, 0.6) is 0 Å². The van der Waals surface area contributed by atoms with Crippen LogP contribution in [-0.2, 0) is 19.5 Å². The van der Waals surface area contributed by atoms with Gasteiger partial charge in [-0.1, -0.05) is 35.5 Å². The Bertz CT molecular complexity index is 838. The lowest BCUT2D eigenvalue weighted by Crippen LogP contribution is -2.31. The predicted octanol–water partition coefficient (Wildman–Crippen LogP) is 3.31. The van der Waals surface area contributed by atoms with E-state index in [1.807, 2.05) is 50.4 Å². The summed E-state index contributed by atoms with van der Waals surface area (Å²) in [6.45, 7) is 6.69. The van der Waals surface area contributed by atoms with E-state index in [2.05, 4.69) is 15.0 Å². The highest BCUT2D eigenvalue weighted by atomic mass is 16.5. The Kier molecular flexibility index (Phi) is 3.86. The highest BCUT2D eigenvalue weighted by Crippen LogP contribution is 2.23. The van der Waals surface area contributed by atoms with Gasteiger partial charge in [0.05, 0.1) is 11.4 Å². The van der Waals surface area contributed by atoms with Crippen LogP contribution in [-0.4, -0.2) is 26.6 Å². The second-order valence-electron chi connectivity index (χ2n) is 6.29. The molecule has 0 saturated carbocycles. The molecule has 0 radical (unpaired) electrons. The van der Waals surface area contributed by atoms with E-state index in [4.69, 9.17) is 9.51 Å². The number of rotatable bonds is 3. The fourth-order valence-corrected chi connectivity index (χ4v) is 3.19. The molecule has 4 rings (SSSR count). The second-order valence-corrected chi connectivity index (χ2v) is 6.29. The fourth-order valence-electron chi connectivity index (χ4n) is 3.19. The maximum atomic E-state index is 5.27. The van der Waals surface area contributed by atoms with Crippen LogP contribution in [0.3, 0.4) is 0 Å². The third-order valence-electron chi connectivity index (χ3n) is 4.61. The molecule has 5 nitrogen and oxygen atoms in total. The molecule has 0 fully saturated rings. The van der Waals surface area contributed by atoms with Gasteiger partial charge < -0.3 is 4.52 Å². The highest BCUT2D eigenvalue weighted by molar-refractivity contribution is 5.54. The molecular weight excluding hydrogens is 300 g/mol. The molecule has 0 bridgehead atoms. The van der Waals surface area contributed by atoms with Crippen molar-refractivity contribution in [1.82, 2.24) is 20.0 Å². The molecule has 0 N–H and O–H groups in total. The molecule has 0 spiro atoms. The Morgan fingerprint density at radius 1 is 1.17 bits per heavy atom. The summed E-state index contributed by atoms with van der Waals surface area (Å²) in [5.74, 6) is 1.72. The van der Waals surface area contributed by atoms with E-state index in [9.17, 15) is 0 Å². The van der Waals surface area contributed by atoms with Crippen LogP contribution in [0.15, 0.2) is 41.1 Å². The van der Waals surface area contributed by atoms with Gasteiger partial charge in [0.15, 0.2) is 5.82 Å². The number of benzene rings is 1.